The molecule has 84 valence electrons. The highest BCUT2D eigenvalue weighted by atomic mass is 35.5. The van der Waals surface area contributed by atoms with E-state index in [2.05, 4.69) is 6.07 Å². The molecule has 0 heterocycles. The third-order valence-corrected chi connectivity index (χ3v) is 2.77. The van der Waals surface area contributed by atoms with Crippen LogP contribution in [0.1, 0.15) is 24.5 Å². The van der Waals surface area contributed by atoms with Gasteiger partial charge >= 0.3 is 0 Å². The molecule has 0 radical (unpaired) electrons. The molecule has 0 fully saturated rings. The minimum atomic E-state index is 0.546. The van der Waals surface area contributed by atoms with Crippen molar-refractivity contribution in [2.45, 2.75) is 25.6 Å². The van der Waals surface area contributed by atoms with Crippen molar-refractivity contribution in [3.8, 4) is 5.75 Å². The van der Waals surface area contributed by atoms with Crippen LogP contribution >= 0.6 is 23.2 Å². The lowest BCUT2D eigenvalue weighted by atomic mass is 10.0. The first-order chi connectivity index (χ1) is 7.31. The van der Waals surface area contributed by atoms with Gasteiger partial charge in [-0.15, -0.1) is 23.2 Å². The fraction of sp³-hybridized carbons (Fsp3) is 0.500. The maximum absolute atomic E-state index is 5.87. The van der Waals surface area contributed by atoms with E-state index in [-0.39, 0.29) is 0 Å². The lowest BCUT2D eigenvalue weighted by Gasteiger charge is -2.09. The molecule has 0 aliphatic heterocycles. The first kappa shape index (κ1) is 12.7. The summed E-state index contributed by atoms with van der Waals surface area (Å²) in [4.78, 5) is 0. The summed E-state index contributed by atoms with van der Waals surface area (Å²) in [5, 5.41) is 0. The summed E-state index contributed by atoms with van der Waals surface area (Å²) in [5.74, 6) is 2.14. The molecule has 0 aromatic heterocycles. The molecule has 15 heavy (non-hydrogen) atoms. The van der Waals surface area contributed by atoms with E-state index in [4.69, 9.17) is 27.9 Å². The summed E-state index contributed by atoms with van der Waals surface area (Å²) >= 11 is 11.6. The third kappa shape index (κ3) is 3.92. The zero-order valence-electron chi connectivity index (χ0n) is 8.93. The monoisotopic (exact) mass is 246 g/mol. The van der Waals surface area contributed by atoms with Crippen LogP contribution in [0.4, 0.5) is 0 Å². The average molecular weight is 247 g/mol. The minimum Gasteiger partial charge on any atom is -0.494 e. The highest BCUT2D eigenvalue weighted by molar-refractivity contribution is 6.18. The van der Waals surface area contributed by atoms with Gasteiger partial charge in [0.05, 0.1) is 6.61 Å². The van der Waals surface area contributed by atoms with E-state index >= 15 is 0 Å². The van der Waals surface area contributed by atoms with Crippen LogP contribution < -0.4 is 4.74 Å². The van der Waals surface area contributed by atoms with Gasteiger partial charge in [-0.05, 0) is 43.0 Å². The summed E-state index contributed by atoms with van der Waals surface area (Å²) in [7, 11) is 0. The van der Waals surface area contributed by atoms with E-state index < -0.39 is 0 Å². The van der Waals surface area contributed by atoms with E-state index in [1.54, 1.807) is 0 Å². The number of benzene rings is 1. The Balaban J connectivity index is 2.81. The van der Waals surface area contributed by atoms with Crippen molar-refractivity contribution in [1.82, 2.24) is 0 Å². The second-order valence-corrected chi connectivity index (χ2v) is 3.93. The van der Waals surface area contributed by atoms with Crippen molar-refractivity contribution >= 4 is 23.2 Å². The molecule has 0 saturated carbocycles. The second kappa shape index (κ2) is 6.97. The van der Waals surface area contributed by atoms with Crippen molar-refractivity contribution in [3.63, 3.8) is 0 Å². The van der Waals surface area contributed by atoms with Crippen molar-refractivity contribution < 1.29 is 4.74 Å². The lowest BCUT2D eigenvalue weighted by molar-refractivity contribution is 0.340. The van der Waals surface area contributed by atoms with Crippen LogP contribution in [0.3, 0.4) is 0 Å². The smallest absolute Gasteiger partial charge is 0.119 e. The largest absolute Gasteiger partial charge is 0.494 e. The fourth-order valence-electron chi connectivity index (χ4n) is 1.48. The Labute approximate surface area is 101 Å². The molecule has 1 aromatic rings. The van der Waals surface area contributed by atoms with Gasteiger partial charge in [0.25, 0.3) is 0 Å². The normalized spacial score (nSPS) is 10.3. The zero-order valence-corrected chi connectivity index (χ0v) is 10.4. The molecule has 0 atom stereocenters. The van der Waals surface area contributed by atoms with Crippen LogP contribution in [0.5, 0.6) is 5.75 Å². The number of alkyl halides is 2. The van der Waals surface area contributed by atoms with Gasteiger partial charge in [0, 0.05) is 11.8 Å². The van der Waals surface area contributed by atoms with Crippen LogP contribution in [0, 0.1) is 0 Å². The lowest BCUT2D eigenvalue weighted by Crippen LogP contribution is -1.97. The van der Waals surface area contributed by atoms with E-state index in [0.717, 1.165) is 18.6 Å². The van der Waals surface area contributed by atoms with Crippen molar-refractivity contribution in [2.75, 3.05) is 12.5 Å². The minimum absolute atomic E-state index is 0.546. The Bertz CT molecular complexity index is 300. The average Bonchev–Trinajstić information content (AvgIpc) is 2.27. The number of hydrogen-bond donors (Lipinski definition) is 0. The van der Waals surface area contributed by atoms with E-state index in [1.807, 2.05) is 19.1 Å². The standard InChI is InChI=1S/C12H16Cl2O/c1-2-15-12-6-5-11(9-14)10(8-12)4-3-7-13/h5-6,8H,2-4,7,9H2,1H3. The zero-order chi connectivity index (χ0) is 11.1. The van der Waals surface area contributed by atoms with Gasteiger partial charge in [-0.25, -0.2) is 0 Å². The molecule has 3 heteroatoms. The molecule has 1 nitrogen and oxygen atoms in total. The Hall–Kier alpha value is -0.400. The number of halogens is 2. The number of hydrogen-bond acceptors (Lipinski definition) is 1. The number of aryl methyl sites for hydroxylation is 1. The SMILES string of the molecule is CCOc1ccc(CCl)c(CCCCl)c1. The van der Waals surface area contributed by atoms with Crippen LogP contribution in [0.15, 0.2) is 18.2 Å². The van der Waals surface area contributed by atoms with Crippen molar-refractivity contribution in [1.29, 1.82) is 0 Å². The summed E-state index contributed by atoms with van der Waals surface area (Å²) in [6.07, 6.45) is 1.94. The van der Waals surface area contributed by atoms with Gasteiger partial charge in [-0.3, -0.25) is 0 Å². The molecule has 1 rings (SSSR count). The second-order valence-electron chi connectivity index (χ2n) is 3.29. The predicted molar refractivity (Wildman–Crippen MR) is 66.2 cm³/mol. The van der Waals surface area contributed by atoms with E-state index in [0.29, 0.717) is 18.4 Å². The van der Waals surface area contributed by atoms with Gasteiger partial charge in [0.15, 0.2) is 0 Å². The molecule has 0 saturated heterocycles. The van der Waals surface area contributed by atoms with Gasteiger partial charge in [-0.1, -0.05) is 6.07 Å². The van der Waals surface area contributed by atoms with Crippen LogP contribution in [-0.4, -0.2) is 12.5 Å². The van der Waals surface area contributed by atoms with Gasteiger partial charge in [-0.2, -0.15) is 0 Å². The molecule has 0 N–H and O–H groups in total. The molecule has 0 unspecified atom stereocenters. The van der Waals surface area contributed by atoms with Crippen molar-refractivity contribution in [3.05, 3.63) is 29.3 Å². The van der Waals surface area contributed by atoms with Crippen molar-refractivity contribution in [2.24, 2.45) is 0 Å². The number of rotatable bonds is 6. The van der Waals surface area contributed by atoms with Gasteiger partial charge in [0.2, 0.25) is 0 Å². The Kier molecular flexibility index (Phi) is 5.89. The van der Waals surface area contributed by atoms with Crippen LogP contribution in [0.2, 0.25) is 0 Å². The van der Waals surface area contributed by atoms with Crippen LogP contribution in [0.25, 0.3) is 0 Å². The summed E-state index contributed by atoms with van der Waals surface area (Å²) in [6.45, 7) is 2.67. The Morgan fingerprint density at radius 2 is 2.00 bits per heavy atom. The van der Waals surface area contributed by atoms with Gasteiger partial charge in [0.1, 0.15) is 5.75 Å². The molecule has 0 bridgehead atoms. The highest BCUT2D eigenvalue weighted by Gasteiger charge is 2.03. The molecule has 0 aliphatic rings. The topological polar surface area (TPSA) is 9.23 Å². The Morgan fingerprint density at radius 1 is 1.20 bits per heavy atom. The summed E-state index contributed by atoms with van der Waals surface area (Å²) < 4.78 is 5.45. The van der Waals surface area contributed by atoms with E-state index in [1.165, 1.54) is 11.1 Å². The quantitative estimate of drug-likeness (QED) is 0.690. The predicted octanol–water partition coefficient (Wildman–Crippen LogP) is 4.00. The van der Waals surface area contributed by atoms with Crippen LogP contribution in [-0.2, 0) is 12.3 Å². The first-order valence-corrected chi connectivity index (χ1v) is 6.25. The fourth-order valence-corrected chi connectivity index (χ4v) is 1.87. The summed E-state index contributed by atoms with van der Waals surface area (Å²) in [6, 6.07) is 6.06. The molecule has 0 aliphatic carbocycles. The van der Waals surface area contributed by atoms with E-state index in [9.17, 15) is 0 Å². The van der Waals surface area contributed by atoms with Gasteiger partial charge < -0.3 is 4.74 Å². The molecular weight excluding hydrogens is 231 g/mol. The number of ether oxygens (including phenoxy) is 1. The maximum atomic E-state index is 5.87. The molecule has 0 spiro atoms. The summed E-state index contributed by atoms with van der Waals surface area (Å²) in [5.41, 5.74) is 2.42. The Morgan fingerprint density at radius 3 is 2.60 bits per heavy atom. The highest BCUT2D eigenvalue weighted by Crippen LogP contribution is 2.21. The molecular formula is C12H16Cl2O. The first-order valence-electron chi connectivity index (χ1n) is 5.18. The molecule has 0 amide bonds. The third-order valence-electron chi connectivity index (χ3n) is 2.21. The molecule has 1 aromatic carbocycles. The maximum Gasteiger partial charge on any atom is 0.119 e.